The highest BCUT2D eigenvalue weighted by atomic mass is 15.0. The summed E-state index contributed by atoms with van der Waals surface area (Å²) < 4.78 is 0. The van der Waals surface area contributed by atoms with Gasteiger partial charge >= 0.3 is 0 Å². The fraction of sp³-hybridized carbons (Fsp3) is 1.00. The maximum atomic E-state index is 3.97. The molecule has 14 heavy (non-hydrogen) atoms. The fourth-order valence-corrected chi connectivity index (χ4v) is 4.01. The molecule has 0 amide bonds. The Hall–Kier alpha value is -0.0400. The minimum Gasteiger partial charge on any atom is -0.311 e. The van der Waals surface area contributed by atoms with Crippen LogP contribution in [0.5, 0.6) is 0 Å². The molecule has 1 N–H and O–H groups in total. The lowest BCUT2D eigenvalue weighted by Crippen LogP contribution is -2.48. The Morgan fingerprint density at radius 1 is 0.786 bits per heavy atom. The van der Waals surface area contributed by atoms with E-state index >= 15 is 0 Å². The quantitative estimate of drug-likeness (QED) is 0.710. The molecule has 0 radical (unpaired) electrons. The number of hydrogen-bond acceptors (Lipinski definition) is 1. The van der Waals surface area contributed by atoms with Gasteiger partial charge in [-0.2, -0.15) is 0 Å². The lowest BCUT2D eigenvalue weighted by atomic mass is 9.65. The van der Waals surface area contributed by atoms with Crippen molar-refractivity contribution < 1.29 is 0 Å². The Balaban J connectivity index is 1.60. The summed E-state index contributed by atoms with van der Waals surface area (Å²) in [5, 5.41) is 3.97. The second kappa shape index (κ2) is 3.52. The first-order chi connectivity index (χ1) is 6.89. The van der Waals surface area contributed by atoms with Crippen LogP contribution in [0.25, 0.3) is 0 Å². The molecule has 0 aromatic rings. The zero-order valence-electron chi connectivity index (χ0n) is 9.23. The van der Waals surface area contributed by atoms with Crippen LogP contribution in [-0.2, 0) is 0 Å². The number of nitrogens with one attached hydrogen (secondary N) is 1. The van der Waals surface area contributed by atoms with Gasteiger partial charge in [0.25, 0.3) is 0 Å². The molecular weight excluding hydrogens is 170 g/mol. The van der Waals surface area contributed by atoms with Gasteiger partial charge in [-0.25, -0.2) is 0 Å². The smallest absolute Gasteiger partial charge is 0.0126 e. The largest absolute Gasteiger partial charge is 0.311 e. The molecule has 3 fully saturated rings. The summed E-state index contributed by atoms with van der Waals surface area (Å²) in [7, 11) is 0. The lowest BCUT2D eigenvalue weighted by Gasteiger charge is -2.45. The first-order valence-electron chi connectivity index (χ1n) is 6.65. The molecule has 3 aliphatic carbocycles. The van der Waals surface area contributed by atoms with E-state index in [2.05, 4.69) is 5.32 Å². The zero-order valence-corrected chi connectivity index (χ0v) is 9.23. The highest BCUT2D eigenvalue weighted by Gasteiger charge is 2.47. The molecule has 3 rings (SSSR count). The minimum absolute atomic E-state index is 0.780. The SMILES string of the molecule is C1CCC(NC2CCCC23CCC3)C1. The van der Waals surface area contributed by atoms with Crippen molar-refractivity contribution in [3.05, 3.63) is 0 Å². The van der Waals surface area contributed by atoms with E-state index in [-0.39, 0.29) is 0 Å². The van der Waals surface area contributed by atoms with Crippen molar-refractivity contribution >= 4 is 0 Å². The Labute approximate surface area is 87.7 Å². The van der Waals surface area contributed by atoms with Gasteiger partial charge in [0.1, 0.15) is 0 Å². The standard InChI is InChI=1S/C13H23N/c1-2-6-11(5-1)14-12-7-3-8-13(12)9-4-10-13/h11-12,14H,1-10H2. The molecule has 0 aliphatic heterocycles. The van der Waals surface area contributed by atoms with E-state index in [1.165, 1.54) is 64.2 Å². The van der Waals surface area contributed by atoms with Gasteiger partial charge in [0.15, 0.2) is 0 Å². The molecule has 1 heteroatoms. The molecule has 0 aromatic heterocycles. The summed E-state index contributed by atoms with van der Waals surface area (Å²) >= 11 is 0. The summed E-state index contributed by atoms with van der Waals surface area (Å²) in [6.07, 6.45) is 14.9. The van der Waals surface area contributed by atoms with Gasteiger partial charge in [0.2, 0.25) is 0 Å². The molecule has 0 bridgehead atoms. The third-order valence-corrected chi connectivity index (χ3v) is 5.05. The van der Waals surface area contributed by atoms with Gasteiger partial charge in [-0.15, -0.1) is 0 Å². The molecule has 1 nitrogen and oxygen atoms in total. The maximum Gasteiger partial charge on any atom is 0.0126 e. The molecule has 1 atom stereocenters. The van der Waals surface area contributed by atoms with Crippen LogP contribution >= 0.6 is 0 Å². The molecule has 0 saturated heterocycles. The van der Waals surface area contributed by atoms with Crippen LogP contribution < -0.4 is 5.32 Å². The van der Waals surface area contributed by atoms with Crippen LogP contribution in [0.1, 0.15) is 64.2 Å². The maximum absolute atomic E-state index is 3.97. The average Bonchev–Trinajstić information content (AvgIpc) is 2.71. The van der Waals surface area contributed by atoms with E-state index < -0.39 is 0 Å². The van der Waals surface area contributed by atoms with E-state index in [1.807, 2.05) is 0 Å². The molecule has 0 heterocycles. The normalized spacial score (nSPS) is 36.4. The first-order valence-corrected chi connectivity index (χ1v) is 6.65. The van der Waals surface area contributed by atoms with Gasteiger partial charge in [0, 0.05) is 12.1 Å². The summed E-state index contributed by atoms with van der Waals surface area (Å²) in [4.78, 5) is 0. The summed E-state index contributed by atoms with van der Waals surface area (Å²) in [5.41, 5.74) is 0.780. The van der Waals surface area contributed by atoms with Crippen LogP contribution in [-0.4, -0.2) is 12.1 Å². The number of hydrogen-bond donors (Lipinski definition) is 1. The molecule has 3 saturated carbocycles. The predicted molar refractivity (Wildman–Crippen MR) is 59.3 cm³/mol. The van der Waals surface area contributed by atoms with Crippen LogP contribution in [0, 0.1) is 5.41 Å². The van der Waals surface area contributed by atoms with Crippen molar-refractivity contribution in [1.29, 1.82) is 0 Å². The first kappa shape index (κ1) is 9.21. The molecule has 0 aromatic carbocycles. The molecule has 1 unspecified atom stereocenters. The Kier molecular flexibility index (Phi) is 2.31. The zero-order chi connectivity index (χ0) is 9.43. The second-order valence-electron chi connectivity index (χ2n) is 5.81. The van der Waals surface area contributed by atoms with Gasteiger partial charge in [-0.05, 0) is 43.9 Å². The molecular formula is C13H23N. The van der Waals surface area contributed by atoms with Crippen molar-refractivity contribution in [2.45, 2.75) is 76.3 Å². The minimum atomic E-state index is 0.780. The molecule has 1 spiro atoms. The van der Waals surface area contributed by atoms with E-state index in [0.29, 0.717) is 0 Å². The highest BCUT2D eigenvalue weighted by Crippen LogP contribution is 2.53. The van der Waals surface area contributed by atoms with Crippen molar-refractivity contribution in [3.63, 3.8) is 0 Å². The fourth-order valence-electron chi connectivity index (χ4n) is 4.01. The van der Waals surface area contributed by atoms with Crippen molar-refractivity contribution in [1.82, 2.24) is 5.32 Å². The van der Waals surface area contributed by atoms with Gasteiger partial charge in [0.05, 0.1) is 0 Å². The molecule has 80 valence electrons. The van der Waals surface area contributed by atoms with Gasteiger partial charge < -0.3 is 5.32 Å². The summed E-state index contributed by atoms with van der Waals surface area (Å²) in [5.74, 6) is 0. The van der Waals surface area contributed by atoms with E-state index in [9.17, 15) is 0 Å². The van der Waals surface area contributed by atoms with E-state index in [1.54, 1.807) is 0 Å². The van der Waals surface area contributed by atoms with Crippen molar-refractivity contribution in [2.24, 2.45) is 5.41 Å². The summed E-state index contributed by atoms with van der Waals surface area (Å²) in [6.45, 7) is 0. The topological polar surface area (TPSA) is 12.0 Å². The van der Waals surface area contributed by atoms with Crippen LogP contribution in [0.15, 0.2) is 0 Å². The monoisotopic (exact) mass is 193 g/mol. The van der Waals surface area contributed by atoms with Gasteiger partial charge in [-0.3, -0.25) is 0 Å². The number of rotatable bonds is 2. The van der Waals surface area contributed by atoms with Crippen LogP contribution in [0.2, 0.25) is 0 Å². The Morgan fingerprint density at radius 2 is 1.50 bits per heavy atom. The van der Waals surface area contributed by atoms with Crippen molar-refractivity contribution in [3.8, 4) is 0 Å². The average molecular weight is 193 g/mol. The predicted octanol–water partition coefficient (Wildman–Crippen LogP) is 3.24. The van der Waals surface area contributed by atoms with Crippen molar-refractivity contribution in [2.75, 3.05) is 0 Å². The highest BCUT2D eigenvalue weighted by molar-refractivity contribution is 5.02. The Bertz CT molecular complexity index is 201. The van der Waals surface area contributed by atoms with Crippen LogP contribution in [0.3, 0.4) is 0 Å². The Morgan fingerprint density at radius 3 is 2.14 bits per heavy atom. The van der Waals surface area contributed by atoms with Gasteiger partial charge in [-0.1, -0.05) is 25.7 Å². The summed E-state index contributed by atoms with van der Waals surface area (Å²) in [6, 6.07) is 1.79. The second-order valence-corrected chi connectivity index (χ2v) is 5.81. The third-order valence-electron chi connectivity index (χ3n) is 5.05. The lowest BCUT2D eigenvalue weighted by molar-refractivity contribution is 0.0944. The third kappa shape index (κ3) is 1.41. The molecule has 3 aliphatic rings. The van der Waals surface area contributed by atoms with E-state index in [0.717, 1.165) is 17.5 Å². The van der Waals surface area contributed by atoms with Crippen LogP contribution in [0.4, 0.5) is 0 Å². The van der Waals surface area contributed by atoms with E-state index in [4.69, 9.17) is 0 Å².